The Morgan fingerprint density at radius 1 is 1.18 bits per heavy atom. The van der Waals surface area contributed by atoms with Gasteiger partial charge in [0.05, 0.1) is 12.2 Å². The topological polar surface area (TPSA) is 17.8 Å². The highest BCUT2D eigenvalue weighted by Crippen LogP contribution is 2.30. The van der Waals surface area contributed by atoms with Crippen molar-refractivity contribution in [2.45, 2.75) is 31.7 Å². The molecule has 0 radical (unpaired) electrons. The van der Waals surface area contributed by atoms with Crippen molar-refractivity contribution in [1.29, 1.82) is 0 Å². The van der Waals surface area contributed by atoms with E-state index >= 15 is 0 Å². The second-order valence-corrected chi connectivity index (χ2v) is 4.66. The first kappa shape index (κ1) is 10.5. The van der Waals surface area contributed by atoms with Crippen LogP contribution in [0.25, 0.3) is 11.1 Å². The van der Waals surface area contributed by atoms with Gasteiger partial charge in [0.1, 0.15) is 5.82 Å². The highest BCUT2D eigenvalue weighted by atomic mass is 19.1. The third-order valence-corrected chi connectivity index (χ3v) is 3.46. The fourth-order valence-corrected chi connectivity index (χ4v) is 2.52. The first-order valence-corrected chi connectivity index (χ1v) is 6.13. The van der Waals surface area contributed by atoms with E-state index in [1.165, 1.54) is 31.7 Å². The molecule has 17 heavy (non-hydrogen) atoms. The van der Waals surface area contributed by atoms with E-state index in [1.54, 1.807) is 12.1 Å². The molecule has 0 aliphatic heterocycles. The van der Waals surface area contributed by atoms with Crippen LogP contribution in [0, 0.1) is 5.82 Å². The smallest absolute Gasteiger partial charge is 0.123 e. The molecule has 88 valence electrons. The molecule has 1 aromatic heterocycles. The molecule has 1 aromatic carbocycles. The van der Waals surface area contributed by atoms with Crippen molar-refractivity contribution in [2.24, 2.45) is 0 Å². The molecule has 1 saturated carbocycles. The molecule has 1 heterocycles. The van der Waals surface area contributed by atoms with Gasteiger partial charge in [-0.2, -0.15) is 5.10 Å². The summed E-state index contributed by atoms with van der Waals surface area (Å²) in [5, 5.41) is 4.40. The molecule has 0 atom stereocenters. The summed E-state index contributed by atoms with van der Waals surface area (Å²) in [4.78, 5) is 0. The molecule has 2 nitrogen and oxygen atoms in total. The summed E-state index contributed by atoms with van der Waals surface area (Å²) in [6.07, 6.45) is 8.87. The van der Waals surface area contributed by atoms with Gasteiger partial charge in [-0.05, 0) is 30.5 Å². The Morgan fingerprint density at radius 3 is 2.76 bits per heavy atom. The fraction of sp³-hybridized carbons (Fsp3) is 0.357. The minimum absolute atomic E-state index is 0.198. The molecule has 2 aromatic rings. The predicted molar refractivity (Wildman–Crippen MR) is 65.1 cm³/mol. The van der Waals surface area contributed by atoms with Gasteiger partial charge in [0.15, 0.2) is 0 Å². The number of rotatable bonds is 2. The average Bonchev–Trinajstić information content (AvgIpc) is 3.00. The fourth-order valence-electron chi connectivity index (χ4n) is 2.52. The molecule has 1 aliphatic carbocycles. The zero-order valence-electron chi connectivity index (χ0n) is 9.64. The molecule has 3 heteroatoms. The van der Waals surface area contributed by atoms with Gasteiger partial charge in [-0.1, -0.05) is 25.0 Å². The number of nitrogens with zero attached hydrogens (tertiary/aromatic N) is 2. The van der Waals surface area contributed by atoms with Gasteiger partial charge in [-0.25, -0.2) is 4.39 Å². The average molecular weight is 230 g/mol. The summed E-state index contributed by atoms with van der Waals surface area (Å²) in [6, 6.07) is 7.20. The Balaban J connectivity index is 1.89. The van der Waals surface area contributed by atoms with Gasteiger partial charge in [-0.15, -0.1) is 0 Å². The zero-order chi connectivity index (χ0) is 11.7. The second-order valence-electron chi connectivity index (χ2n) is 4.66. The predicted octanol–water partition coefficient (Wildman–Crippen LogP) is 3.80. The Hall–Kier alpha value is -1.64. The van der Waals surface area contributed by atoms with E-state index in [2.05, 4.69) is 5.10 Å². The van der Waals surface area contributed by atoms with Gasteiger partial charge < -0.3 is 0 Å². The Bertz CT molecular complexity index is 512. The summed E-state index contributed by atoms with van der Waals surface area (Å²) in [5.74, 6) is -0.198. The third-order valence-electron chi connectivity index (χ3n) is 3.46. The maximum atomic E-state index is 13.1. The minimum Gasteiger partial charge on any atom is -0.269 e. The van der Waals surface area contributed by atoms with Crippen molar-refractivity contribution in [3.8, 4) is 11.1 Å². The molecule has 0 bridgehead atoms. The Morgan fingerprint density at radius 2 is 2.00 bits per heavy atom. The van der Waals surface area contributed by atoms with Crippen LogP contribution in [0.2, 0.25) is 0 Å². The SMILES string of the molecule is Fc1cccc(-c2cnn(C3CCCC3)c2)c1. The number of benzene rings is 1. The molecular weight excluding hydrogens is 215 g/mol. The lowest BCUT2D eigenvalue weighted by atomic mass is 10.1. The Kier molecular flexibility index (Phi) is 2.67. The van der Waals surface area contributed by atoms with Crippen LogP contribution >= 0.6 is 0 Å². The van der Waals surface area contributed by atoms with E-state index in [4.69, 9.17) is 0 Å². The maximum absolute atomic E-state index is 13.1. The monoisotopic (exact) mass is 230 g/mol. The summed E-state index contributed by atoms with van der Waals surface area (Å²) >= 11 is 0. The van der Waals surface area contributed by atoms with Gasteiger partial charge in [-0.3, -0.25) is 4.68 Å². The van der Waals surface area contributed by atoms with Crippen LogP contribution in [0.15, 0.2) is 36.7 Å². The van der Waals surface area contributed by atoms with Gasteiger partial charge >= 0.3 is 0 Å². The number of halogens is 1. The van der Waals surface area contributed by atoms with Crippen LogP contribution in [-0.4, -0.2) is 9.78 Å². The lowest BCUT2D eigenvalue weighted by Crippen LogP contribution is -2.04. The quantitative estimate of drug-likeness (QED) is 0.767. The molecule has 0 N–H and O–H groups in total. The zero-order valence-corrected chi connectivity index (χ0v) is 9.64. The largest absolute Gasteiger partial charge is 0.269 e. The van der Waals surface area contributed by atoms with Gasteiger partial charge in [0, 0.05) is 11.8 Å². The summed E-state index contributed by atoms with van der Waals surface area (Å²) < 4.78 is 15.2. The van der Waals surface area contributed by atoms with Crippen LogP contribution in [0.5, 0.6) is 0 Å². The number of hydrogen-bond donors (Lipinski definition) is 0. The lowest BCUT2D eigenvalue weighted by molar-refractivity contribution is 0.467. The van der Waals surface area contributed by atoms with Crippen molar-refractivity contribution >= 4 is 0 Å². The van der Waals surface area contributed by atoms with Gasteiger partial charge in [0.2, 0.25) is 0 Å². The number of aromatic nitrogens is 2. The first-order valence-electron chi connectivity index (χ1n) is 6.13. The molecule has 1 aliphatic rings. The third kappa shape index (κ3) is 2.09. The highest BCUT2D eigenvalue weighted by Gasteiger charge is 2.17. The lowest BCUT2D eigenvalue weighted by Gasteiger charge is -2.08. The summed E-state index contributed by atoms with van der Waals surface area (Å²) in [6.45, 7) is 0. The maximum Gasteiger partial charge on any atom is 0.123 e. The molecule has 0 saturated heterocycles. The normalized spacial score (nSPS) is 16.5. The molecule has 3 rings (SSSR count). The van der Waals surface area contributed by atoms with E-state index in [0.29, 0.717) is 6.04 Å². The molecule has 0 unspecified atom stereocenters. The van der Waals surface area contributed by atoms with Crippen molar-refractivity contribution in [3.63, 3.8) is 0 Å². The van der Waals surface area contributed by atoms with Crippen LogP contribution < -0.4 is 0 Å². The molecule has 1 fully saturated rings. The highest BCUT2D eigenvalue weighted by molar-refractivity contribution is 5.61. The van der Waals surface area contributed by atoms with E-state index in [0.717, 1.165) is 11.1 Å². The van der Waals surface area contributed by atoms with E-state index in [-0.39, 0.29) is 5.82 Å². The van der Waals surface area contributed by atoms with Crippen LogP contribution in [-0.2, 0) is 0 Å². The molecule has 0 spiro atoms. The van der Waals surface area contributed by atoms with E-state index in [9.17, 15) is 4.39 Å². The van der Waals surface area contributed by atoms with Gasteiger partial charge in [0.25, 0.3) is 0 Å². The Labute approximate surface area is 100 Å². The number of hydrogen-bond acceptors (Lipinski definition) is 1. The summed E-state index contributed by atoms with van der Waals surface area (Å²) in [7, 11) is 0. The van der Waals surface area contributed by atoms with E-state index in [1.807, 2.05) is 23.1 Å². The van der Waals surface area contributed by atoms with Crippen LogP contribution in [0.1, 0.15) is 31.7 Å². The van der Waals surface area contributed by atoms with Crippen molar-refractivity contribution in [2.75, 3.05) is 0 Å². The molecular formula is C14H15FN2. The second kappa shape index (κ2) is 4.32. The van der Waals surface area contributed by atoms with Crippen LogP contribution in [0.4, 0.5) is 4.39 Å². The molecule has 0 amide bonds. The van der Waals surface area contributed by atoms with Crippen LogP contribution in [0.3, 0.4) is 0 Å². The van der Waals surface area contributed by atoms with Crippen molar-refractivity contribution < 1.29 is 4.39 Å². The van der Waals surface area contributed by atoms with Crippen molar-refractivity contribution in [1.82, 2.24) is 9.78 Å². The van der Waals surface area contributed by atoms with E-state index < -0.39 is 0 Å². The standard InChI is InChI=1S/C14H15FN2/c15-13-5-3-4-11(8-13)12-9-16-17(10-12)14-6-1-2-7-14/h3-5,8-10,14H,1-2,6-7H2. The minimum atomic E-state index is -0.198. The first-order chi connectivity index (χ1) is 8.33. The summed E-state index contributed by atoms with van der Waals surface area (Å²) in [5.41, 5.74) is 1.89. The van der Waals surface area contributed by atoms with Crippen molar-refractivity contribution in [3.05, 3.63) is 42.5 Å².